The van der Waals surface area contributed by atoms with Crippen LogP contribution in [-0.4, -0.2) is 31.2 Å². The normalized spacial score (nSPS) is 15.1. The van der Waals surface area contributed by atoms with Crippen molar-refractivity contribution in [2.45, 2.75) is 0 Å². The van der Waals surface area contributed by atoms with Crippen molar-refractivity contribution in [3.8, 4) is 11.1 Å². The Hall–Kier alpha value is -2.06. The lowest BCUT2D eigenvalue weighted by Crippen LogP contribution is -2.34. The van der Waals surface area contributed by atoms with Crippen LogP contribution in [0.5, 0.6) is 0 Å². The second-order valence-electron chi connectivity index (χ2n) is 4.99. The lowest BCUT2D eigenvalue weighted by atomic mass is 10.0. The van der Waals surface area contributed by atoms with Gasteiger partial charge in [0.2, 0.25) is 0 Å². The fraction of sp³-hybridized carbons (Fsp3) is 0.222. The molecule has 1 aliphatic rings. The molecule has 0 radical (unpaired) electrons. The second-order valence-corrected chi connectivity index (χ2v) is 4.99. The minimum atomic E-state index is 0.793. The summed E-state index contributed by atoms with van der Waals surface area (Å²) in [5.41, 5.74) is 4.76. The van der Waals surface area contributed by atoms with Gasteiger partial charge in [-0.3, -0.25) is 0 Å². The molecule has 0 bridgehead atoms. The molecule has 2 heteroatoms. The summed E-state index contributed by atoms with van der Waals surface area (Å²) in [4.78, 5) is 2.29. The summed E-state index contributed by atoms with van der Waals surface area (Å²) in [5.74, 6) is 0. The first-order valence-corrected chi connectivity index (χ1v) is 7.02. The third-order valence-electron chi connectivity index (χ3n) is 3.72. The third-order valence-corrected chi connectivity index (χ3v) is 3.72. The van der Waals surface area contributed by atoms with Crippen molar-refractivity contribution in [1.82, 2.24) is 4.90 Å². The predicted octanol–water partition coefficient (Wildman–Crippen LogP) is 3.66. The smallest absolute Gasteiger partial charge is 0.0642 e. The Morgan fingerprint density at radius 2 is 1.45 bits per heavy atom. The standard InChI is InChI=1S/C18H19NO/c1-15(19-11-13-20-14-12-19)16-7-9-18(10-8-16)17-5-3-2-4-6-17/h2-10H,1,11-14H2. The zero-order chi connectivity index (χ0) is 13.8. The summed E-state index contributed by atoms with van der Waals surface area (Å²) < 4.78 is 5.38. The average molecular weight is 265 g/mol. The van der Waals surface area contributed by atoms with Gasteiger partial charge in [-0.15, -0.1) is 0 Å². The number of hydrogen-bond acceptors (Lipinski definition) is 2. The van der Waals surface area contributed by atoms with Crippen LogP contribution in [0.1, 0.15) is 5.56 Å². The Morgan fingerprint density at radius 1 is 0.850 bits per heavy atom. The molecule has 2 nitrogen and oxygen atoms in total. The van der Waals surface area contributed by atoms with Crippen molar-refractivity contribution in [3.05, 3.63) is 66.7 Å². The van der Waals surface area contributed by atoms with Crippen molar-refractivity contribution in [2.75, 3.05) is 26.3 Å². The van der Waals surface area contributed by atoms with E-state index in [0.29, 0.717) is 0 Å². The molecule has 102 valence electrons. The lowest BCUT2D eigenvalue weighted by molar-refractivity contribution is 0.0641. The molecule has 0 saturated carbocycles. The molecule has 1 aliphatic heterocycles. The van der Waals surface area contributed by atoms with E-state index >= 15 is 0 Å². The summed E-state index contributed by atoms with van der Waals surface area (Å²) in [5, 5.41) is 0. The van der Waals surface area contributed by atoms with Crippen LogP contribution in [0.2, 0.25) is 0 Å². The van der Waals surface area contributed by atoms with Crippen molar-refractivity contribution >= 4 is 5.70 Å². The van der Waals surface area contributed by atoms with Crippen molar-refractivity contribution in [1.29, 1.82) is 0 Å². The van der Waals surface area contributed by atoms with Gasteiger partial charge in [0.25, 0.3) is 0 Å². The molecule has 2 aromatic carbocycles. The van der Waals surface area contributed by atoms with E-state index in [4.69, 9.17) is 4.74 Å². The summed E-state index contributed by atoms with van der Waals surface area (Å²) in [6.45, 7) is 7.67. The monoisotopic (exact) mass is 265 g/mol. The summed E-state index contributed by atoms with van der Waals surface area (Å²) in [6.07, 6.45) is 0. The zero-order valence-corrected chi connectivity index (χ0v) is 11.6. The van der Waals surface area contributed by atoms with E-state index in [-0.39, 0.29) is 0 Å². The Balaban J connectivity index is 1.77. The molecule has 0 amide bonds. The van der Waals surface area contributed by atoms with E-state index in [1.807, 2.05) is 6.07 Å². The van der Waals surface area contributed by atoms with Gasteiger partial charge in [-0.1, -0.05) is 61.2 Å². The van der Waals surface area contributed by atoms with Crippen molar-refractivity contribution in [2.24, 2.45) is 0 Å². The third kappa shape index (κ3) is 2.75. The van der Waals surface area contributed by atoms with Gasteiger partial charge in [0.1, 0.15) is 0 Å². The van der Waals surface area contributed by atoms with Gasteiger partial charge in [0.15, 0.2) is 0 Å². The van der Waals surface area contributed by atoms with Crippen LogP contribution in [0, 0.1) is 0 Å². The minimum absolute atomic E-state index is 0.793. The molecule has 2 aromatic rings. The van der Waals surface area contributed by atoms with Crippen molar-refractivity contribution < 1.29 is 4.74 Å². The second kappa shape index (κ2) is 5.93. The number of benzene rings is 2. The fourth-order valence-corrected chi connectivity index (χ4v) is 2.50. The Labute approximate surface area is 120 Å². The van der Waals surface area contributed by atoms with Gasteiger partial charge < -0.3 is 9.64 Å². The number of nitrogens with zero attached hydrogens (tertiary/aromatic N) is 1. The van der Waals surface area contributed by atoms with Crippen molar-refractivity contribution in [3.63, 3.8) is 0 Å². The molecule has 0 spiro atoms. The summed E-state index contributed by atoms with van der Waals surface area (Å²) in [7, 11) is 0. The van der Waals surface area contributed by atoms with Crippen LogP contribution in [0.4, 0.5) is 0 Å². The molecular weight excluding hydrogens is 246 g/mol. The summed E-state index contributed by atoms with van der Waals surface area (Å²) in [6, 6.07) is 19.1. The first-order valence-electron chi connectivity index (χ1n) is 7.02. The molecule has 0 N–H and O–H groups in total. The number of morpholine rings is 1. The number of hydrogen-bond donors (Lipinski definition) is 0. The molecule has 1 heterocycles. The highest BCUT2D eigenvalue weighted by atomic mass is 16.5. The topological polar surface area (TPSA) is 12.5 Å². The maximum absolute atomic E-state index is 5.38. The van der Waals surface area contributed by atoms with Crippen LogP contribution in [0.25, 0.3) is 16.8 Å². The van der Waals surface area contributed by atoms with Crippen LogP contribution in [-0.2, 0) is 4.74 Å². The fourth-order valence-electron chi connectivity index (χ4n) is 2.50. The van der Waals surface area contributed by atoms with Gasteiger partial charge in [-0.2, -0.15) is 0 Å². The van der Waals surface area contributed by atoms with Gasteiger partial charge in [-0.25, -0.2) is 0 Å². The lowest BCUT2D eigenvalue weighted by Gasteiger charge is -2.30. The molecule has 3 rings (SSSR count). The molecule has 0 unspecified atom stereocenters. The Kier molecular flexibility index (Phi) is 3.84. The van der Waals surface area contributed by atoms with Crippen LogP contribution in [0.3, 0.4) is 0 Å². The molecule has 1 saturated heterocycles. The van der Waals surface area contributed by atoms with Gasteiger partial charge in [0, 0.05) is 18.8 Å². The van der Waals surface area contributed by atoms with Gasteiger partial charge in [-0.05, 0) is 16.7 Å². The van der Waals surface area contributed by atoms with E-state index in [1.165, 1.54) is 16.7 Å². The molecular formula is C18H19NO. The van der Waals surface area contributed by atoms with E-state index in [9.17, 15) is 0 Å². The Morgan fingerprint density at radius 3 is 2.10 bits per heavy atom. The molecule has 0 aliphatic carbocycles. The summed E-state index contributed by atoms with van der Waals surface area (Å²) >= 11 is 0. The maximum atomic E-state index is 5.38. The molecule has 0 aromatic heterocycles. The first kappa shape index (κ1) is 12.9. The highest BCUT2D eigenvalue weighted by molar-refractivity contribution is 5.68. The highest BCUT2D eigenvalue weighted by Gasteiger charge is 2.13. The van der Waals surface area contributed by atoms with E-state index in [2.05, 4.69) is 60.0 Å². The molecule has 20 heavy (non-hydrogen) atoms. The SMILES string of the molecule is C=C(c1ccc(-c2ccccc2)cc1)N1CCOCC1. The largest absolute Gasteiger partial charge is 0.378 e. The van der Waals surface area contributed by atoms with Crippen LogP contribution < -0.4 is 0 Å². The number of ether oxygens (including phenoxy) is 1. The van der Waals surface area contributed by atoms with Gasteiger partial charge in [0.05, 0.1) is 13.2 Å². The predicted molar refractivity (Wildman–Crippen MR) is 83.3 cm³/mol. The first-order chi connectivity index (χ1) is 9.84. The Bertz CT molecular complexity index is 568. The quantitative estimate of drug-likeness (QED) is 0.840. The molecule has 0 atom stereocenters. The zero-order valence-electron chi connectivity index (χ0n) is 11.6. The molecule has 1 fully saturated rings. The maximum Gasteiger partial charge on any atom is 0.0642 e. The number of rotatable bonds is 3. The van der Waals surface area contributed by atoms with Crippen LogP contribution >= 0.6 is 0 Å². The highest BCUT2D eigenvalue weighted by Crippen LogP contribution is 2.23. The average Bonchev–Trinajstić information content (AvgIpc) is 2.56. The van der Waals surface area contributed by atoms with Gasteiger partial charge >= 0.3 is 0 Å². The minimum Gasteiger partial charge on any atom is -0.378 e. The van der Waals surface area contributed by atoms with Crippen LogP contribution in [0.15, 0.2) is 61.2 Å². The van der Waals surface area contributed by atoms with E-state index < -0.39 is 0 Å². The van der Waals surface area contributed by atoms with E-state index in [0.717, 1.165) is 32.0 Å². The van der Waals surface area contributed by atoms with E-state index in [1.54, 1.807) is 0 Å².